The summed E-state index contributed by atoms with van der Waals surface area (Å²) in [6.45, 7) is 3.01. The molecule has 1 nitrogen and oxygen atoms in total. The van der Waals surface area contributed by atoms with E-state index >= 15 is 0 Å². The second-order valence-corrected chi connectivity index (χ2v) is 6.92. The Morgan fingerprint density at radius 1 is 1.38 bits per heavy atom. The van der Waals surface area contributed by atoms with Crippen LogP contribution in [0.4, 0.5) is 5.69 Å². The zero-order valence-electron chi connectivity index (χ0n) is 8.76. The van der Waals surface area contributed by atoms with Gasteiger partial charge in [0.25, 0.3) is 0 Å². The Bertz CT molecular complexity index is 476. The van der Waals surface area contributed by atoms with E-state index in [0.29, 0.717) is 0 Å². The zero-order chi connectivity index (χ0) is 11.5. The molecule has 2 rings (SSSR count). The molecule has 0 spiro atoms. The first-order chi connectivity index (χ1) is 7.65. The summed E-state index contributed by atoms with van der Waals surface area (Å²) in [7, 11) is 0. The van der Waals surface area contributed by atoms with Crippen LogP contribution in [-0.2, 0) is 6.54 Å². The molecular formula is C12H11BrINS. The van der Waals surface area contributed by atoms with Crippen molar-refractivity contribution in [3.05, 3.63) is 48.1 Å². The molecule has 0 radical (unpaired) electrons. The maximum absolute atomic E-state index is 3.54. The average Bonchev–Trinajstić information content (AvgIpc) is 2.56. The van der Waals surface area contributed by atoms with Crippen LogP contribution in [0.5, 0.6) is 0 Å². The molecular weight excluding hydrogens is 397 g/mol. The van der Waals surface area contributed by atoms with Gasteiger partial charge in [-0.25, -0.2) is 0 Å². The van der Waals surface area contributed by atoms with Gasteiger partial charge in [-0.1, -0.05) is 6.07 Å². The number of thiophene rings is 1. The van der Waals surface area contributed by atoms with Crippen molar-refractivity contribution in [1.29, 1.82) is 0 Å². The lowest BCUT2D eigenvalue weighted by atomic mass is 10.3. The molecule has 1 aromatic heterocycles. The molecule has 4 heteroatoms. The minimum atomic E-state index is 0.886. The molecule has 1 aromatic carbocycles. The maximum Gasteiger partial charge on any atom is 0.0494 e. The highest BCUT2D eigenvalue weighted by molar-refractivity contribution is 14.1. The summed E-state index contributed by atoms with van der Waals surface area (Å²) in [4.78, 5) is 2.68. The smallest absolute Gasteiger partial charge is 0.0494 e. The van der Waals surface area contributed by atoms with Crippen LogP contribution in [0.15, 0.2) is 34.8 Å². The standard InChI is InChI=1S/C12H11BrINS/c1-8-12(13)6-11(16-8)7-15-10-4-2-3-9(14)5-10/h2-6,15H,7H2,1H3. The van der Waals surface area contributed by atoms with Gasteiger partial charge in [-0.05, 0) is 69.7 Å². The van der Waals surface area contributed by atoms with E-state index in [0.717, 1.165) is 6.54 Å². The fourth-order valence-electron chi connectivity index (χ4n) is 1.39. The van der Waals surface area contributed by atoms with Gasteiger partial charge in [0.2, 0.25) is 0 Å². The third-order valence-corrected chi connectivity index (χ3v) is 5.01. The molecule has 0 aliphatic carbocycles. The van der Waals surface area contributed by atoms with Crippen LogP contribution in [0.2, 0.25) is 0 Å². The van der Waals surface area contributed by atoms with Gasteiger partial charge in [0.15, 0.2) is 0 Å². The summed E-state index contributed by atoms with van der Waals surface area (Å²) in [5.41, 5.74) is 1.18. The van der Waals surface area contributed by atoms with Crippen LogP contribution >= 0.6 is 49.9 Å². The van der Waals surface area contributed by atoms with E-state index in [9.17, 15) is 0 Å². The van der Waals surface area contributed by atoms with Crippen LogP contribution in [0.25, 0.3) is 0 Å². The van der Waals surface area contributed by atoms with Crippen molar-refractivity contribution in [3.63, 3.8) is 0 Å². The van der Waals surface area contributed by atoms with Crippen molar-refractivity contribution in [1.82, 2.24) is 0 Å². The monoisotopic (exact) mass is 407 g/mol. The van der Waals surface area contributed by atoms with E-state index in [4.69, 9.17) is 0 Å². The molecule has 0 bridgehead atoms. The van der Waals surface area contributed by atoms with Gasteiger partial charge in [0, 0.05) is 30.0 Å². The van der Waals surface area contributed by atoms with Crippen molar-refractivity contribution >= 4 is 55.5 Å². The Kier molecular flexibility index (Phi) is 4.27. The number of rotatable bonds is 3. The quantitative estimate of drug-likeness (QED) is 0.703. The number of anilines is 1. The Balaban J connectivity index is 2.02. The average molecular weight is 408 g/mol. The molecule has 16 heavy (non-hydrogen) atoms. The van der Waals surface area contributed by atoms with Gasteiger partial charge in [-0.3, -0.25) is 0 Å². The second kappa shape index (κ2) is 5.51. The second-order valence-electron chi connectivity index (χ2n) is 3.48. The van der Waals surface area contributed by atoms with E-state index in [1.807, 2.05) is 11.3 Å². The van der Waals surface area contributed by atoms with Crippen LogP contribution in [-0.4, -0.2) is 0 Å². The third-order valence-electron chi connectivity index (χ3n) is 2.20. The van der Waals surface area contributed by atoms with Gasteiger partial charge in [-0.15, -0.1) is 11.3 Å². The number of aryl methyl sites for hydroxylation is 1. The fourth-order valence-corrected chi connectivity index (χ4v) is 3.48. The SMILES string of the molecule is Cc1sc(CNc2cccc(I)c2)cc1Br. The molecule has 0 aliphatic heterocycles. The lowest BCUT2D eigenvalue weighted by Gasteiger charge is -2.04. The lowest BCUT2D eigenvalue weighted by molar-refractivity contribution is 1.19. The molecule has 0 amide bonds. The maximum atomic E-state index is 3.54. The third kappa shape index (κ3) is 3.21. The van der Waals surface area contributed by atoms with Crippen molar-refractivity contribution in [3.8, 4) is 0 Å². The molecule has 0 unspecified atom stereocenters. The summed E-state index contributed by atoms with van der Waals surface area (Å²) in [5.74, 6) is 0. The van der Waals surface area contributed by atoms with Gasteiger partial charge >= 0.3 is 0 Å². The summed E-state index contributed by atoms with van der Waals surface area (Å²) >= 11 is 7.69. The number of halogens is 2. The molecule has 0 fully saturated rings. The Morgan fingerprint density at radius 2 is 2.19 bits per heavy atom. The van der Waals surface area contributed by atoms with Gasteiger partial charge in [-0.2, -0.15) is 0 Å². The van der Waals surface area contributed by atoms with Crippen molar-refractivity contribution in [2.24, 2.45) is 0 Å². The Morgan fingerprint density at radius 3 is 2.81 bits per heavy atom. The highest BCUT2D eigenvalue weighted by Gasteiger charge is 2.02. The van der Waals surface area contributed by atoms with Crippen molar-refractivity contribution < 1.29 is 0 Å². The molecule has 1 N–H and O–H groups in total. The number of hydrogen-bond donors (Lipinski definition) is 1. The molecule has 84 valence electrons. The highest BCUT2D eigenvalue weighted by Crippen LogP contribution is 2.27. The van der Waals surface area contributed by atoms with E-state index in [2.05, 4.69) is 81.1 Å². The number of nitrogens with one attached hydrogen (secondary N) is 1. The first-order valence-corrected chi connectivity index (χ1v) is 7.58. The lowest BCUT2D eigenvalue weighted by Crippen LogP contribution is -1.97. The highest BCUT2D eigenvalue weighted by atomic mass is 127. The van der Waals surface area contributed by atoms with Crippen LogP contribution in [0.1, 0.15) is 9.75 Å². The molecule has 0 aliphatic rings. The molecule has 2 aromatic rings. The van der Waals surface area contributed by atoms with E-state index in [1.54, 1.807) is 0 Å². The molecule has 0 saturated carbocycles. The van der Waals surface area contributed by atoms with Crippen LogP contribution in [0, 0.1) is 10.5 Å². The topological polar surface area (TPSA) is 12.0 Å². The van der Waals surface area contributed by atoms with Gasteiger partial charge in [0.05, 0.1) is 0 Å². The van der Waals surface area contributed by atoms with Crippen molar-refractivity contribution in [2.45, 2.75) is 13.5 Å². The van der Waals surface area contributed by atoms with Crippen LogP contribution < -0.4 is 5.32 Å². The number of hydrogen-bond acceptors (Lipinski definition) is 2. The van der Waals surface area contributed by atoms with E-state index < -0.39 is 0 Å². The predicted octanol–water partition coefficient (Wildman–Crippen LogP) is 5.04. The predicted molar refractivity (Wildman–Crippen MR) is 83.2 cm³/mol. The number of benzene rings is 1. The summed E-state index contributed by atoms with van der Waals surface area (Å²) < 4.78 is 2.46. The summed E-state index contributed by atoms with van der Waals surface area (Å²) in [6.07, 6.45) is 0. The molecule has 0 saturated heterocycles. The van der Waals surface area contributed by atoms with E-state index in [-0.39, 0.29) is 0 Å². The van der Waals surface area contributed by atoms with Crippen molar-refractivity contribution in [2.75, 3.05) is 5.32 Å². The Labute approximate surface area is 122 Å². The first kappa shape index (κ1) is 12.4. The first-order valence-electron chi connectivity index (χ1n) is 4.89. The van der Waals surface area contributed by atoms with Gasteiger partial charge < -0.3 is 5.32 Å². The largest absolute Gasteiger partial charge is 0.380 e. The molecule has 1 heterocycles. The Hall–Kier alpha value is -0.0700. The zero-order valence-corrected chi connectivity index (χ0v) is 13.3. The van der Waals surface area contributed by atoms with Crippen LogP contribution in [0.3, 0.4) is 0 Å². The fraction of sp³-hybridized carbons (Fsp3) is 0.167. The summed E-state index contributed by atoms with van der Waals surface area (Å²) in [5, 5.41) is 3.43. The minimum absolute atomic E-state index is 0.886. The normalized spacial score (nSPS) is 10.4. The summed E-state index contributed by atoms with van der Waals surface area (Å²) in [6, 6.07) is 10.6. The van der Waals surface area contributed by atoms with E-state index in [1.165, 1.54) is 23.5 Å². The van der Waals surface area contributed by atoms with Gasteiger partial charge in [0.1, 0.15) is 0 Å². The minimum Gasteiger partial charge on any atom is -0.380 e. The molecule has 0 atom stereocenters.